The Kier molecular flexibility index (Phi) is 7.17. The van der Waals surface area contributed by atoms with Crippen LogP contribution in [0.4, 0.5) is 17.6 Å². The van der Waals surface area contributed by atoms with Gasteiger partial charge in [0.05, 0.1) is 12.3 Å². The van der Waals surface area contributed by atoms with Crippen molar-refractivity contribution in [3.63, 3.8) is 0 Å². The molecule has 174 valence electrons. The van der Waals surface area contributed by atoms with Gasteiger partial charge in [-0.05, 0) is 23.6 Å². The van der Waals surface area contributed by atoms with E-state index in [4.69, 9.17) is 5.73 Å². The Morgan fingerprint density at radius 3 is 2.36 bits per heavy atom. The van der Waals surface area contributed by atoms with Gasteiger partial charge in [0.2, 0.25) is 21.9 Å². The standard InChI is InChI=1S/C23H29N7O2S/c1-2-19-10-6-7-11-20(19)25-23-27-21(26-22(24)28-23)16-29-12-14-30(15-13-29)33(31,32)17-18-8-4-3-5-9-18/h3-11H,2,12-17H2,1H3,(H3,24,25,26,27,28). The maximum Gasteiger partial charge on any atom is 0.232 e. The summed E-state index contributed by atoms with van der Waals surface area (Å²) in [6, 6.07) is 17.3. The van der Waals surface area contributed by atoms with Gasteiger partial charge in [-0.2, -0.15) is 19.3 Å². The van der Waals surface area contributed by atoms with E-state index in [1.165, 1.54) is 0 Å². The lowest BCUT2D eigenvalue weighted by Crippen LogP contribution is -2.48. The molecular formula is C23H29N7O2S. The first kappa shape index (κ1) is 23.1. The lowest BCUT2D eigenvalue weighted by molar-refractivity contribution is 0.178. The molecule has 0 bridgehead atoms. The average Bonchev–Trinajstić information content (AvgIpc) is 2.80. The summed E-state index contributed by atoms with van der Waals surface area (Å²) >= 11 is 0. The monoisotopic (exact) mass is 467 g/mol. The number of piperazine rings is 1. The van der Waals surface area contributed by atoms with Crippen LogP contribution < -0.4 is 11.1 Å². The van der Waals surface area contributed by atoms with Crippen molar-refractivity contribution in [1.29, 1.82) is 0 Å². The van der Waals surface area contributed by atoms with Crippen LogP contribution in [0.5, 0.6) is 0 Å². The molecule has 1 aromatic heterocycles. The number of nitrogens with two attached hydrogens (primary N) is 1. The minimum Gasteiger partial charge on any atom is -0.368 e. The van der Waals surface area contributed by atoms with Gasteiger partial charge in [0.15, 0.2) is 0 Å². The van der Waals surface area contributed by atoms with Crippen molar-refractivity contribution >= 4 is 27.6 Å². The molecule has 33 heavy (non-hydrogen) atoms. The van der Waals surface area contributed by atoms with Crippen LogP contribution in [0.25, 0.3) is 0 Å². The van der Waals surface area contributed by atoms with Crippen molar-refractivity contribution in [2.75, 3.05) is 37.2 Å². The molecule has 4 rings (SSSR count). The Labute approximate surface area is 194 Å². The van der Waals surface area contributed by atoms with E-state index in [9.17, 15) is 8.42 Å². The van der Waals surface area contributed by atoms with E-state index < -0.39 is 10.0 Å². The van der Waals surface area contributed by atoms with Crippen molar-refractivity contribution in [2.45, 2.75) is 25.6 Å². The Morgan fingerprint density at radius 2 is 1.64 bits per heavy atom. The zero-order valence-electron chi connectivity index (χ0n) is 18.7. The molecule has 9 nitrogen and oxygen atoms in total. The van der Waals surface area contributed by atoms with Crippen LogP contribution in [0, 0.1) is 0 Å². The van der Waals surface area contributed by atoms with Gasteiger partial charge in [0.1, 0.15) is 5.82 Å². The molecule has 1 saturated heterocycles. The van der Waals surface area contributed by atoms with E-state index in [1.54, 1.807) is 4.31 Å². The van der Waals surface area contributed by atoms with Gasteiger partial charge >= 0.3 is 0 Å². The number of aryl methyl sites for hydroxylation is 1. The summed E-state index contributed by atoms with van der Waals surface area (Å²) in [5.41, 5.74) is 8.83. The molecule has 1 aliphatic rings. The van der Waals surface area contributed by atoms with E-state index in [-0.39, 0.29) is 11.7 Å². The largest absolute Gasteiger partial charge is 0.368 e. The molecule has 0 spiro atoms. The van der Waals surface area contributed by atoms with Crippen LogP contribution in [0.3, 0.4) is 0 Å². The van der Waals surface area contributed by atoms with E-state index in [0.717, 1.165) is 23.2 Å². The first-order valence-electron chi connectivity index (χ1n) is 11.0. The number of hydrogen-bond donors (Lipinski definition) is 2. The second kappa shape index (κ2) is 10.2. The van der Waals surface area contributed by atoms with Gasteiger partial charge in [-0.1, -0.05) is 55.5 Å². The number of sulfonamides is 1. The molecule has 0 atom stereocenters. The maximum absolute atomic E-state index is 12.8. The molecule has 3 N–H and O–H groups in total. The lowest BCUT2D eigenvalue weighted by atomic mass is 10.1. The van der Waals surface area contributed by atoms with Crippen LogP contribution in [-0.4, -0.2) is 58.8 Å². The van der Waals surface area contributed by atoms with Crippen LogP contribution >= 0.6 is 0 Å². The van der Waals surface area contributed by atoms with Crippen LogP contribution in [0.2, 0.25) is 0 Å². The summed E-state index contributed by atoms with van der Waals surface area (Å²) in [4.78, 5) is 15.2. The minimum atomic E-state index is -3.35. The summed E-state index contributed by atoms with van der Waals surface area (Å²) < 4.78 is 27.1. The fourth-order valence-corrected chi connectivity index (χ4v) is 5.39. The van der Waals surface area contributed by atoms with Crippen LogP contribution in [-0.2, 0) is 28.7 Å². The number of hydrogen-bond acceptors (Lipinski definition) is 8. The molecular weight excluding hydrogens is 438 g/mol. The molecule has 0 unspecified atom stereocenters. The summed E-state index contributed by atoms with van der Waals surface area (Å²) in [5.74, 6) is 1.13. The van der Waals surface area contributed by atoms with Crippen molar-refractivity contribution in [3.05, 3.63) is 71.5 Å². The van der Waals surface area contributed by atoms with Crippen molar-refractivity contribution in [2.24, 2.45) is 0 Å². The quantitative estimate of drug-likeness (QED) is 0.519. The summed E-state index contributed by atoms with van der Waals surface area (Å²) in [7, 11) is -3.35. The molecule has 0 radical (unpaired) electrons. The number of rotatable bonds is 8. The average molecular weight is 468 g/mol. The number of benzene rings is 2. The Morgan fingerprint density at radius 1 is 0.939 bits per heavy atom. The number of nitrogens with zero attached hydrogens (tertiary/aromatic N) is 5. The molecule has 0 aliphatic carbocycles. The van der Waals surface area contributed by atoms with Gasteiger partial charge in [-0.3, -0.25) is 4.90 Å². The van der Waals surface area contributed by atoms with E-state index >= 15 is 0 Å². The molecule has 2 aromatic carbocycles. The van der Waals surface area contributed by atoms with E-state index in [0.29, 0.717) is 44.5 Å². The van der Waals surface area contributed by atoms with Gasteiger partial charge in [-0.15, -0.1) is 0 Å². The van der Waals surface area contributed by atoms with E-state index in [1.807, 2.05) is 48.5 Å². The smallest absolute Gasteiger partial charge is 0.232 e. The second-order valence-electron chi connectivity index (χ2n) is 7.99. The van der Waals surface area contributed by atoms with Gasteiger partial charge in [0, 0.05) is 31.9 Å². The third-order valence-corrected chi connectivity index (χ3v) is 7.48. The van der Waals surface area contributed by atoms with Crippen LogP contribution in [0.15, 0.2) is 54.6 Å². The summed E-state index contributed by atoms with van der Waals surface area (Å²) in [5, 5.41) is 3.24. The Hall–Kier alpha value is -3.08. The predicted octanol–water partition coefficient (Wildman–Crippen LogP) is 2.41. The normalized spacial score (nSPS) is 15.4. The highest BCUT2D eigenvalue weighted by atomic mass is 32.2. The van der Waals surface area contributed by atoms with Crippen molar-refractivity contribution in [3.8, 4) is 0 Å². The molecule has 10 heteroatoms. The summed E-state index contributed by atoms with van der Waals surface area (Å²) in [6.07, 6.45) is 0.883. The third kappa shape index (κ3) is 6.04. The fourth-order valence-electron chi connectivity index (χ4n) is 3.88. The molecule has 0 saturated carbocycles. The topological polar surface area (TPSA) is 117 Å². The van der Waals surface area contributed by atoms with Crippen LogP contribution in [0.1, 0.15) is 23.9 Å². The SMILES string of the molecule is CCc1ccccc1Nc1nc(N)nc(CN2CCN(S(=O)(=O)Cc3ccccc3)CC2)n1. The van der Waals surface area contributed by atoms with Gasteiger partial charge in [0.25, 0.3) is 0 Å². The fraction of sp³-hybridized carbons (Fsp3) is 0.348. The Bertz CT molecular complexity index is 1180. The highest BCUT2D eigenvalue weighted by Gasteiger charge is 2.27. The number of anilines is 3. The minimum absolute atomic E-state index is 0.0199. The number of para-hydroxylation sites is 1. The Balaban J connectivity index is 1.37. The zero-order valence-corrected chi connectivity index (χ0v) is 19.5. The highest BCUT2D eigenvalue weighted by molar-refractivity contribution is 7.88. The lowest BCUT2D eigenvalue weighted by Gasteiger charge is -2.33. The maximum atomic E-state index is 12.8. The van der Waals surface area contributed by atoms with Gasteiger partial charge in [-0.25, -0.2) is 8.42 Å². The first-order valence-corrected chi connectivity index (χ1v) is 12.6. The van der Waals surface area contributed by atoms with Crippen molar-refractivity contribution < 1.29 is 8.42 Å². The molecule has 3 aromatic rings. The second-order valence-corrected chi connectivity index (χ2v) is 9.96. The molecule has 1 aliphatic heterocycles. The third-order valence-electron chi connectivity index (χ3n) is 5.63. The molecule has 1 fully saturated rings. The number of aromatic nitrogens is 3. The predicted molar refractivity (Wildman–Crippen MR) is 129 cm³/mol. The summed E-state index contributed by atoms with van der Waals surface area (Å²) in [6.45, 7) is 4.63. The molecule has 2 heterocycles. The number of nitrogens with one attached hydrogen (secondary N) is 1. The highest BCUT2D eigenvalue weighted by Crippen LogP contribution is 2.20. The first-order chi connectivity index (χ1) is 15.9. The van der Waals surface area contributed by atoms with E-state index in [2.05, 4.69) is 38.2 Å². The number of nitrogen functional groups attached to an aromatic ring is 1. The molecule has 0 amide bonds. The zero-order chi connectivity index (χ0) is 23.3. The van der Waals surface area contributed by atoms with Gasteiger partial charge < -0.3 is 11.1 Å². The van der Waals surface area contributed by atoms with Crippen molar-refractivity contribution in [1.82, 2.24) is 24.2 Å².